The molecular weight excluding hydrogens is 190 g/mol. The molecule has 1 aliphatic rings. The van der Waals surface area contributed by atoms with Crippen molar-refractivity contribution in [2.45, 2.75) is 19.3 Å². The van der Waals surface area contributed by atoms with Crippen molar-refractivity contribution in [1.29, 1.82) is 0 Å². The Bertz CT molecular complexity index is 433. The average Bonchev–Trinajstić information content (AvgIpc) is 2.40. The minimum absolute atomic E-state index is 0.0386. The van der Waals surface area contributed by atoms with Crippen LogP contribution in [0, 0.1) is 0 Å². The van der Waals surface area contributed by atoms with E-state index in [1.54, 1.807) is 5.94 Å². The molecule has 15 heavy (non-hydrogen) atoms. The summed E-state index contributed by atoms with van der Waals surface area (Å²) < 4.78 is 0. The van der Waals surface area contributed by atoms with E-state index in [-0.39, 0.29) is 5.91 Å². The first kappa shape index (κ1) is 9.69. The first-order valence-corrected chi connectivity index (χ1v) is 4.94. The summed E-state index contributed by atoms with van der Waals surface area (Å²) in [6, 6.07) is 7.65. The van der Waals surface area contributed by atoms with Gasteiger partial charge in [0.2, 0.25) is 5.91 Å². The molecule has 1 aliphatic heterocycles. The van der Waals surface area contributed by atoms with Gasteiger partial charge in [0, 0.05) is 6.42 Å². The second-order valence-electron chi connectivity index (χ2n) is 3.49. The third kappa shape index (κ3) is 1.83. The molecule has 2 rings (SSSR count). The van der Waals surface area contributed by atoms with Gasteiger partial charge in [-0.2, -0.15) is 0 Å². The Balaban J connectivity index is 2.51. The molecule has 3 nitrogen and oxygen atoms in total. The molecule has 0 spiro atoms. The molecule has 0 saturated heterocycles. The van der Waals surface area contributed by atoms with Gasteiger partial charge in [-0.15, -0.1) is 0 Å². The van der Waals surface area contributed by atoms with Gasteiger partial charge in [0.1, 0.15) is 5.94 Å². The van der Waals surface area contributed by atoms with E-state index in [1.807, 2.05) is 24.3 Å². The van der Waals surface area contributed by atoms with E-state index < -0.39 is 0 Å². The van der Waals surface area contributed by atoms with E-state index >= 15 is 0 Å². The number of hydrogen-bond donors (Lipinski definition) is 0. The van der Waals surface area contributed by atoms with Gasteiger partial charge in [-0.05, 0) is 24.5 Å². The zero-order valence-electron chi connectivity index (χ0n) is 8.27. The lowest BCUT2D eigenvalue weighted by molar-refractivity contribution is -0.117. The molecule has 0 saturated carbocycles. The average molecular weight is 201 g/mol. The lowest BCUT2D eigenvalue weighted by Gasteiger charge is -2.16. The number of aryl methyl sites for hydroxylation is 1. The van der Waals surface area contributed by atoms with E-state index in [0.29, 0.717) is 6.42 Å². The molecule has 3 heteroatoms. The fraction of sp³-hybridized carbons (Fsp3) is 0.250. The minimum atomic E-state index is -0.0386. The molecule has 0 aromatic heterocycles. The number of para-hydroxylation sites is 1. The van der Waals surface area contributed by atoms with Crippen LogP contribution in [0.15, 0.2) is 30.5 Å². The molecule has 0 atom stereocenters. The summed E-state index contributed by atoms with van der Waals surface area (Å²) in [5.74, 6) is 1.63. The Morgan fingerprint density at radius 2 is 2.07 bits per heavy atom. The summed E-state index contributed by atoms with van der Waals surface area (Å²) in [7, 11) is 0. The Kier molecular flexibility index (Phi) is 2.66. The number of carbonyl (C=O) groups excluding carboxylic acids is 2. The highest BCUT2D eigenvalue weighted by Crippen LogP contribution is 2.26. The van der Waals surface area contributed by atoms with Gasteiger partial charge in [-0.3, -0.25) is 9.69 Å². The van der Waals surface area contributed by atoms with Crippen LogP contribution >= 0.6 is 0 Å². The Labute approximate surface area is 88.0 Å². The topological polar surface area (TPSA) is 37.4 Å². The van der Waals surface area contributed by atoms with Crippen LogP contribution in [0.4, 0.5) is 5.69 Å². The third-order valence-corrected chi connectivity index (χ3v) is 2.54. The van der Waals surface area contributed by atoms with Crippen molar-refractivity contribution in [3.8, 4) is 0 Å². The van der Waals surface area contributed by atoms with Crippen LogP contribution in [0.3, 0.4) is 0 Å². The minimum Gasteiger partial charge on any atom is -0.277 e. The molecule has 0 radical (unpaired) electrons. The van der Waals surface area contributed by atoms with Gasteiger partial charge in [0.05, 0.1) is 11.9 Å². The predicted octanol–water partition coefficient (Wildman–Crippen LogP) is 1.70. The SMILES string of the molecule is O=C=CN1C(=O)CCCc2ccccc21. The fourth-order valence-corrected chi connectivity index (χ4v) is 1.84. The monoisotopic (exact) mass is 201 g/mol. The van der Waals surface area contributed by atoms with E-state index in [2.05, 4.69) is 0 Å². The van der Waals surface area contributed by atoms with Crippen molar-refractivity contribution in [2.24, 2.45) is 0 Å². The standard InChI is InChI=1S/C12H11NO2/c14-9-8-13-11-6-2-1-4-10(11)5-3-7-12(13)15/h1-2,4,6,8H,3,5,7H2. The van der Waals surface area contributed by atoms with Crippen molar-refractivity contribution in [1.82, 2.24) is 0 Å². The molecule has 1 amide bonds. The number of nitrogens with zero attached hydrogens (tertiary/aromatic N) is 1. The van der Waals surface area contributed by atoms with Crippen LogP contribution in [0.2, 0.25) is 0 Å². The van der Waals surface area contributed by atoms with E-state index in [9.17, 15) is 9.59 Å². The fourth-order valence-electron chi connectivity index (χ4n) is 1.84. The maximum atomic E-state index is 11.7. The lowest BCUT2D eigenvalue weighted by Crippen LogP contribution is -2.24. The smallest absolute Gasteiger partial charge is 0.231 e. The molecule has 1 aromatic carbocycles. The number of carbonyl (C=O) groups is 1. The highest BCUT2D eigenvalue weighted by atomic mass is 16.2. The maximum absolute atomic E-state index is 11.7. The Morgan fingerprint density at radius 3 is 2.87 bits per heavy atom. The zero-order valence-corrected chi connectivity index (χ0v) is 8.27. The van der Waals surface area contributed by atoms with Crippen molar-refractivity contribution in [2.75, 3.05) is 4.90 Å². The van der Waals surface area contributed by atoms with Crippen molar-refractivity contribution in [3.63, 3.8) is 0 Å². The zero-order chi connectivity index (χ0) is 10.7. The lowest BCUT2D eigenvalue weighted by atomic mass is 10.1. The largest absolute Gasteiger partial charge is 0.277 e. The van der Waals surface area contributed by atoms with Crippen LogP contribution in [-0.2, 0) is 16.0 Å². The number of amides is 1. The van der Waals surface area contributed by atoms with Gasteiger partial charge in [0.25, 0.3) is 0 Å². The summed E-state index contributed by atoms with van der Waals surface area (Å²) in [6.07, 6.45) is 3.36. The normalized spacial score (nSPS) is 15.2. The van der Waals surface area contributed by atoms with Gasteiger partial charge in [-0.1, -0.05) is 18.2 Å². The highest BCUT2D eigenvalue weighted by molar-refractivity contribution is 5.97. The summed E-state index contributed by atoms with van der Waals surface area (Å²) in [4.78, 5) is 23.4. The summed E-state index contributed by atoms with van der Waals surface area (Å²) in [5.41, 5.74) is 1.92. The Hall–Kier alpha value is -1.86. The number of rotatable bonds is 1. The maximum Gasteiger partial charge on any atom is 0.231 e. The van der Waals surface area contributed by atoms with Crippen molar-refractivity contribution in [3.05, 3.63) is 36.0 Å². The molecule has 0 N–H and O–H groups in total. The van der Waals surface area contributed by atoms with Crippen LogP contribution in [0.5, 0.6) is 0 Å². The molecule has 0 bridgehead atoms. The first-order chi connectivity index (χ1) is 7.33. The molecule has 1 aromatic rings. The highest BCUT2D eigenvalue weighted by Gasteiger charge is 2.19. The van der Waals surface area contributed by atoms with Gasteiger partial charge >= 0.3 is 0 Å². The molecule has 0 fully saturated rings. The van der Waals surface area contributed by atoms with Crippen LogP contribution < -0.4 is 4.90 Å². The Morgan fingerprint density at radius 1 is 1.27 bits per heavy atom. The molecule has 76 valence electrons. The van der Waals surface area contributed by atoms with Crippen LogP contribution in [0.25, 0.3) is 0 Å². The molecular formula is C12H11NO2. The van der Waals surface area contributed by atoms with Crippen molar-refractivity contribution >= 4 is 17.5 Å². The van der Waals surface area contributed by atoms with Crippen LogP contribution in [-0.4, -0.2) is 11.8 Å². The summed E-state index contributed by atoms with van der Waals surface area (Å²) in [5, 5.41) is 0. The number of anilines is 1. The molecule has 0 unspecified atom stereocenters. The van der Waals surface area contributed by atoms with Gasteiger partial charge in [-0.25, -0.2) is 4.79 Å². The number of hydrogen-bond acceptors (Lipinski definition) is 2. The second kappa shape index (κ2) is 4.11. The van der Waals surface area contributed by atoms with E-state index in [4.69, 9.17) is 0 Å². The number of benzene rings is 1. The third-order valence-electron chi connectivity index (χ3n) is 2.54. The van der Waals surface area contributed by atoms with Gasteiger partial charge in [0.15, 0.2) is 0 Å². The first-order valence-electron chi connectivity index (χ1n) is 4.94. The van der Waals surface area contributed by atoms with Crippen LogP contribution in [0.1, 0.15) is 18.4 Å². The quantitative estimate of drug-likeness (QED) is 0.648. The number of fused-ring (bicyclic) bond motifs is 1. The second-order valence-corrected chi connectivity index (χ2v) is 3.49. The molecule has 1 heterocycles. The predicted molar refractivity (Wildman–Crippen MR) is 57.1 cm³/mol. The molecule has 0 aliphatic carbocycles. The van der Waals surface area contributed by atoms with E-state index in [0.717, 1.165) is 24.1 Å². The van der Waals surface area contributed by atoms with E-state index in [1.165, 1.54) is 11.1 Å². The van der Waals surface area contributed by atoms with Crippen molar-refractivity contribution < 1.29 is 9.59 Å². The van der Waals surface area contributed by atoms with Gasteiger partial charge < -0.3 is 0 Å². The summed E-state index contributed by atoms with van der Waals surface area (Å²) in [6.45, 7) is 0. The summed E-state index contributed by atoms with van der Waals surface area (Å²) >= 11 is 0.